The number of alkyl halides is 3. The molecule has 2 rings (SSSR count). The van der Waals surface area contributed by atoms with Crippen LogP contribution in [0.4, 0.5) is 18.9 Å². The molecule has 6 heteroatoms. The second-order valence-electron chi connectivity index (χ2n) is 5.47. The fourth-order valence-electron chi connectivity index (χ4n) is 2.64. The van der Waals surface area contributed by atoms with Crippen molar-refractivity contribution in [2.45, 2.75) is 25.9 Å². The molecule has 1 aromatic carbocycles. The first-order valence-electron chi connectivity index (χ1n) is 7.24. The van der Waals surface area contributed by atoms with E-state index in [-0.39, 0.29) is 4.47 Å². The van der Waals surface area contributed by atoms with E-state index in [2.05, 4.69) is 28.2 Å². The van der Waals surface area contributed by atoms with Gasteiger partial charge in [-0.3, -0.25) is 0 Å². The molecular weight excluding hydrogens is 345 g/mol. The molecular formula is C15H20BrF3N2. The first kappa shape index (κ1) is 16.6. The molecule has 1 aliphatic heterocycles. The maximum atomic E-state index is 12.9. The molecule has 2 nitrogen and oxygen atoms in total. The molecule has 1 atom stereocenters. The van der Waals surface area contributed by atoms with E-state index < -0.39 is 11.7 Å². The van der Waals surface area contributed by atoms with Crippen molar-refractivity contribution in [1.29, 1.82) is 0 Å². The zero-order chi connectivity index (χ0) is 15.5. The molecule has 1 heterocycles. The first-order chi connectivity index (χ1) is 9.91. The van der Waals surface area contributed by atoms with Gasteiger partial charge in [-0.15, -0.1) is 0 Å². The summed E-state index contributed by atoms with van der Waals surface area (Å²) in [6, 6.07) is 4.48. The van der Waals surface area contributed by atoms with Crippen molar-refractivity contribution < 1.29 is 13.2 Å². The minimum Gasteiger partial charge on any atom is -0.371 e. The Bertz CT molecular complexity index is 476. The first-order valence-corrected chi connectivity index (χ1v) is 8.03. The maximum Gasteiger partial charge on any atom is 0.417 e. The largest absolute Gasteiger partial charge is 0.417 e. The van der Waals surface area contributed by atoms with Crippen molar-refractivity contribution in [1.82, 2.24) is 5.32 Å². The van der Waals surface area contributed by atoms with Crippen molar-refractivity contribution in [2.24, 2.45) is 5.92 Å². The third-order valence-electron chi connectivity index (χ3n) is 3.77. The number of anilines is 1. The van der Waals surface area contributed by atoms with Crippen LogP contribution < -0.4 is 10.2 Å². The van der Waals surface area contributed by atoms with Crippen LogP contribution >= 0.6 is 15.9 Å². The third-order valence-corrected chi connectivity index (χ3v) is 4.46. The zero-order valence-electron chi connectivity index (χ0n) is 12.0. The molecule has 0 radical (unpaired) electrons. The van der Waals surface area contributed by atoms with Crippen molar-refractivity contribution >= 4 is 21.6 Å². The summed E-state index contributed by atoms with van der Waals surface area (Å²) in [5.41, 5.74) is 0.0519. The average Bonchev–Trinajstić information content (AvgIpc) is 2.87. The normalized spacial score (nSPS) is 19.3. The van der Waals surface area contributed by atoms with Gasteiger partial charge in [-0.1, -0.05) is 22.9 Å². The van der Waals surface area contributed by atoms with Gasteiger partial charge in [0.05, 0.1) is 5.56 Å². The lowest BCUT2D eigenvalue weighted by Gasteiger charge is -2.21. The molecule has 0 aliphatic carbocycles. The quantitative estimate of drug-likeness (QED) is 0.783. The second kappa shape index (κ2) is 7.01. The van der Waals surface area contributed by atoms with E-state index in [4.69, 9.17) is 0 Å². The molecule has 1 aromatic rings. The van der Waals surface area contributed by atoms with E-state index in [1.165, 1.54) is 12.1 Å². The van der Waals surface area contributed by atoms with Crippen LogP contribution in [0.25, 0.3) is 0 Å². The van der Waals surface area contributed by atoms with Crippen LogP contribution in [0.3, 0.4) is 0 Å². The van der Waals surface area contributed by atoms with Gasteiger partial charge in [0.1, 0.15) is 0 Å². The third kappa shape index (κ3) is 4.36. The van der Waals surface area contributed by atoms with Gasteiger partial charge in [0.25, 0.3) is 0 Å². The van der Waals surface area contributed by atoms with Gasteiger partial charge < -0.3 is 10.2 Å². The minimum atomic E-state index is -4.32. The van der Waals surface area contributed by atoms with Crippen LogP contribution in [0.2, 0.25) is 0 Å². The Balaban J connectivity index is 2.03. The SMILES string of the molecule is CCCNCC1CCN(c2ccc(Br)c(C(F)(F)F)c2)C1. The molecule has 1 fully saturated rings. The molecule has 0 bridgehead atoms. The van der Waals surface area contributed by atoms with E-state index in [9.17, 15) is 13.2 Å². The van der Waals surface area contributed by atoms with Gasteiger partial charge >= 0.3 is 6.18 Å². The van der Waals surface area contributed by atoms with Crippen LogP contribution in [0.5, 0.6) is 0 Å². The Morgan fingerprint density at radius 2 is 2.14 bits per heavy atom. The Hall–Kier alpha value is -0.750. The molecule has 0 amide bonds. The lowest BCUT2D eigenvalue weighted by molar-refractivity contribution is -0.138. The molecule has 1 N–H and O–H groups in total. The van der Waals surface area contributed by atoms with Gasteiger partial charge in [0, 0.05) is 23.2 Å². The van der Waals surface area contributed by atoms with Crippen LogP contribution in [-0.4, -0.2) is 26.2 Å². The predicted molar refractivity (Wildman–Crippen MR) is 82.6 cm³/mol. The van der Waals surface area contributed by atoms with Crippen LogP contribution in [-0.2, 0) is 6.18 Å². The van der Waals surface area contributed by atoms with Crippen LogP contribution in [0, 0.1) is 5.92 Å². The van der Waals surface area contributed by atoms with Gasteiger partial charge in [-0.2, -0.15) is 13.2 Å². The number of nitrogens with one attached hydrogen (secondary N) is 1. The molecule has 118 valence electrons. The number of hydrogen-bond donors (Lipinski definition) is 1. The van der Waals surface area contributed by atoms with Gasteiger partial charge in [-0.05, 0) is 50.0 Å². The van der Waals surface area contributed by atoms with Crippen LogP contribution in [0.15, 0.2) is 22.7 Å². The van der Waals surface area contributed by atoms with E-state index in [1.54, 1.807) is 6.07 Å². The number of hydrogen-bond acceptors (Lipinski definition) is 2. The van der Waals surface area contributed by atoms with Gasteiger partial charge in [0.2, 0.25) is 0 Å². The number of halogens is 4. The van der Waals surface area contributed by atoms with E-state index >= 15 is 0 Å². The lowest BCUT2D eigenvalue weighted by Crippen LogP contribution is -2.27. The monoisotopic (exact) mass is 364 g/mol. The molecule has 0 spiro atoms. The number of benzene rings is 1. The molecule has 1 saturated heterocycles. The average molecular weight is 365 g/mol. The van der Waals surface area contributed by atoms with Crippen LogP contribution in [0.1, 0.15) is 25.3 Å². The van der Waals surface area contributed by atoms with Crippen molar-refractivity contribution in [3.63, 3.8) is 0 Å². The van der Waals surface area contributed by atoms with Crippen molar-refractivity contribution in [2.75, 3.05) is 31.1 Å². The summed E-state index contributed by atoms with van der Waals surface area (Å²) in [4.78, 5) is 2.04. The summed E-state index contributed by atoms with van der Waals surface area (Å²) in [5, 5.41) is 3.38. The number of nitrogens with zero attached hydrogens (tertiary/aromatic N) is 1. The smallest absolute Gasteiger partial charge is 0.371 e. The number of rotatable bonds is 5. The lowest BCUT2D eigenvalue weighted by atomic mass is 10.1. The summed E-state index contributed by atoms with van der Waals surface area (Å²) in [6.07, 6.45) is -2.21. The summed E-state index contributed by atoms with van der Waals surface area (Å²) in [7, 11) is 0. The van der Waals surface area contributed by atoms with Crippen molar-refractivity contribution in [3.8, 4) is 0 Å². The summed E-state index contributed by atoms with van der Waals surface area (Å²) >= 11 is 2.98. The van der Waals surface area contributed by atoms with Crippen molar-refractivity contribution in [3.05, 3.63) is 28.2 Å². The topological polar surface area (TPSA) is 15.3 Å². The maximum absolute atomic E-state index is 12.9. The molecule has 1 aliphatic rings. The predicted octanol–water partition coefficient (Wildman–Crippen LogP) is 4.29. The zero-order valence-corrected chi connectivity index (χ0v) is 13.6. The van der Waals surface area contributed by atoms with E-state index in [1.807, 2.05) is 4.90 Å². The summed E-state index contributed by atoms with van der Waals surface area (Å²) in [6.45, 7) is 5.68. The Labute approximate surface area is 131 Å². The molecule has 0 aromatic heterocycles. The second-order valence-corrected chi connectivity index (χ2v) is 6.32. The van der Waals surface area contributed by atoms with Gasteiger partial charge in [0.15, 0.2) is 0 Å². The molecule has 21 heavy (non-hydrogen) atoms. The summed E-state index contributed by atoms with van der Waals surface area (Å²) < 4.78 is 38.9. The fourth-order valence-corrected chi connectivity index (χ4v) is 3.12. The highest BCUT2D eigenvalue weighted by Crippen LogP contribution is 2.37. The Kier molecular flexibility index (Phi) is 5.54. The van der Waals surface area contributed by atoms with Gasteiger partial charge in [-0.25, -0.2) is 0 Å². The molecule has 1 unspecified atom stereocenters. The minimum absolute atomic E-state index is 0.0964. The highest BCUT2D eigenvalue weighted by Gasteiger charge is 2.34. The van der Waals surface area contributed by atoms with E-state index in [0.717, 1.165) is 39.0 Å². The fraction of sp³-hybridized carbons (Fsp3) is 0.600. The van der Waals surface area contributed by atoms with E-state index in [0.29, 0.717) is 11.6 Å². The Morgan fingerprint density at radius 1 is 1.38 bits per heavy atom. The highest BCUT2D eigenvalue weighted by molar-refractivity contribution is 9.10. The molecule has 0 saturated carbocycles. The summed E-state index contributed by atoms with van der Waals surface area (Å²) in [5.74, 6) is 0.509. The highest BCUT2D eigenvalue weighted by atomic mass is 79.9. The standard InChI is InChI=1S/C15H20BrF3N2/c1-2-6-20-9-11-5-7-21(10-11)12-3-4-14(16)13(8-12)15(17,18)19/h3-4,8,11,20H,2,5-7,9-10H2,1H3. The Morgan fingerprint density at radius 3 is 2.81 bits per heavy atom.